The first-order chi connectivity index (χ1) is 14.3. The first-order valence-corrected chi connectivity index (χ1v) is 10.5. The van der Waals surface area contributed by atoms with Crippen molar-refractivity contribution in [3.05, 3.63) is 89.5 Å². The van der Waals surface area contributed by atoms with Gasteiger partial charge in [-0.05, 0) is 0 Å². The predicted molar refractivity (Wildman–Crippen MR) is 100 cm³/mol. The molecular weight excluding hydrogens is 451 g/mol. The lowest BCUT2D eigenvalue weighted by Crippen LogP contribution is -2.52. The fourth-order valence-corrected chi connectivity index (χ4v) is 6.37. The molecule has 0 radical (unpaired) electrons. The molecule has 0 unspecified atom stereocenters. The molecule has 0 aliphatic carbocycles. The molecular formula is C21H13F9Si. The highest BCUT2D eigenvalue weighted by Crippen LogP contribution is 2.30. The summed E-state index contributed by atoms with van der Waals surface area (Å²) >= 11 is 0. The van der Waals surface area contributed by atoms with Gasteiger partial charge in [-0.15, -0.1) is 0 Å². The molecule has 0 heterocycles. The summed E-state index contributed by atoms with van der Waals surface area (Å²) in [6, 6.07) is 11.9. The Labute approximate surface area is 172 Å². The van der Waals surface area contributed by atoms with Crippen molar-refractivity contribution in [2.75, 3.05) is 0 Å². The van der Waals surface area contributed by atoms with E-state index < -0.39 is 44.0 Å². The molecule has 0 amide bonds. The van der Waals surface area contributed by atoms with Gasteiger partial charge in [0.1, 0.15) is 8.80 Å². The maximum Gasteiger partial charge on any atom is 0.416 e. The number of alkyl halides is 9. The molecule has 3 aromatic rings. The molecule has 0 fully saturated rings. The molecule has 0 aliphatic heterocycles. The number of hydrogen-bond donors (Lipinski definition) is 0. The Morgan fingerprint density at radius 1 is 0.419 bits per heavy atom. The second-order valence-corrected chi connectivity index (χ2v) is 9.67. The van der Waals surface area contributed by atoms with E-state index in [4.69, 9.17) is 0 Å². The van der Waals surface area contributed by atoms with Crippen molar-refractivity contribution in [3.8, 4) is 0 Å². The Bertz CT molecular complexity index is 928. The van der Waals surface area contributed by atoms with Gasteiger partial charge in [0.2, 0.25) is 0 Å². The van der Waals surface area contributed by atoms with Gasteiger partial charge >= 0.3 is 18.5 Å². The van der Waals surface area contributed by atoms with Gasteiger partial charge in [-0.2, -0.15) is 39.5 Å². The largest absolute Gasteiger partial charge is 0.416 e. The Morgan fingerprint density at radius 3 is 0.903 bits per heavy atom. The van der Waals surface area contributed by atoms with Gasteiger partial charge in [-0.25, -0.2) is 0 Å². The van der Waals surface area contributed by atoms with Crippen LogP contribution in [-0.4, -0.2) is 8.80 Å². The van der Waals surface area contributed by atoms with Crippen LogP contribution in [0.3, 0.4) is 0 Å². The van der Waals surface area contributed by atoms with Crippen LogP contribution in [0.15, 0.2) is 72.8 Å². The lowest BCUT2D eigenvalue weighted by molar-refractivity contribution is -0.138. The van der Waals surface area contributed by atoms with E-state index in [2.05, 4.69) is 0 Å². The lowest BCUT2D eigenvalue weighted by atomic mass is 10.2. The smallest absolute Gasteiger partial charge is 0.166 e. The van der Waals surface area contributed by atoms with Crippen LogP contribution in [0.2, 0.25) is 0 Å². The minimum Gasteiger partial charge on any atom is -0.166 e. The van der Waals surface area contributed by atoms with Crippen LogP contribution >= 0.6 is 0 Å². The minimum atomic E-state index is -4.71. The van der Waals surface area contributed by atoms with Crippen molar-refractivity contribution in [3.63, 3.8) is 0 Å². The molecule has 3 rings (SSSR count). The van der Waals surface area contributed by atoms with Crippen LogP contribution in [0.5, 0.6) is 0 Å². The van der Waals surface area contributed by atoms with Gasteiger partial charge in [0.25, 0.3) is 0 Å². The van der Waals surface area contributed by atoms with Gasteiger partial charge in [-0.3, -0.25) is 0 Å². The lowest BCUT2D eigenvalue weighted by Gasteiger charge is -2.21. The Balaban J connectivity index is 2.24. The zero-order valence-corrected chi connectivity index (χ0v) is 16.6. The number of benzene rings is 3. The standard InChI is InChI=1S/C21H13F9Si/c22-19(23,24)13-4-1-7-16(10-13)31(17-8-2-5-14(11-17)20(25,26)27)18-9-3-6-15(12-18)21(28,29)30/h1-12,31H. The van der Waals surface area contributed by atoms with Crippen molar-refractivity contribution in [2.45, 2.75) is 18.5 Å². The van der Waals surface area contributed by atoms with Crippen LogP contribution < -0.4 is 15.6 Å². The van der Waals surface area contributed by atoms with E-state index in [9.17, 15) is 39.5 Å². The highest BCUT2D eigenvalue weighted by molar-refractivity contribution is 6.95. The molecule has 0 saturated heterocycles. The summed E-state index contributed by atoms with van der Waals surface area (Å²) in [7, 11) is -3.11. The van der Waals surface area contributed by atoms with Crippen molar-refractivity contribution >= 4 is 24.4 Å². The second kappa shape index (κ2) is 8.06. The Morgan fingerprint density at radius 2 is 0.677 bits per heavy atom. The third kappa shape index (κ3) is 5.30. The summed E-state index contributed by atoms with van der Waals surface area (Å²) in [6.07, 6.45) is -14.1. The fraction of sp³-hybridized carbons (Fsp3) is 0.143. The minimum absolute atomic E-state index is 0.0495. The topological polar surface area (TPSA) is 0 Å². The summed E-state index contributed by atoms with van der Waals surface area (Å²) in [4.78, 5) is 0. The zero-order chi connectivity index (χ0) is 23.0. The average molecular weight is 464 g/mol. The van der Waals surface area contributed by atoms with E-state index in [1.807, 2.05) is 0 Å². The van der Waals surface area contributed by atoms with E-state index in [0.717, 1.165) is 54.6 Å². The highest BCUT2D eigenvalue weighted by Gasteiger charge is 2.35. The molecule has 0 N–H and O–H groups in total. The first kappa shape index (κ1) is 22.9. The van der Waals surface area contributed by atoms with E-state index in [1.165, 1.54) is 18.2 Å². The molecule has 164 valence electrons. The summed E-state index contributed by atoms with van der Waals surface area (Å²) in [5.41, 5.74) is -3.08. The number of hydrogen-bond acceptors (Lipinski definition) is 0. The highest BCUT2D eigenvalue weighted by atomic mass is 28.3. The van der Waals surface area contributed by atoms with E-state index in [1.54, 1.807) is 0 Å². The molecule has 0 spiro atoms. The number of rotatable bonds is 3. The molecule has 0 saturated carbocycles. The fourth-order valence-electron chi connectivity index (χ4n) is 3.26. The summed E-state index contributed by atoms with van der Waals surface area (Å²) in [6.45, 7) is 0. The quantitative estimate of drug-likeness (QED) is 0.291. The second-order valence-electron chi connectivity index (χ2n) is 6.80. The molecule has 31 heavy (non-hydrogen) atoms. The summed E-state index contributed by atoms with van der Waals surface area (Å²) in [5.74, 6) is 0. The van der Waals surface area contributed by atoms with Gasteiger partial charge in [0.05, 0.1) is 16.7 Å². The van der Waals surface area contributed by atoms with Crippen LogP contribution in [0.25, 0.3) is 0 Å². The molecule has 3 aromatic carbocycles. The van der Waals surface area contributed by atoms with Crippen molar-refractivity contribution < 1.29 is 39.5 Å². The third-order valence-electron chi connectivity index (χ3n) is 4.64. The Kier molecular flexibility index (Phi) is 5.96. The zero-order valence-electron chi connectivity index (χ0n) is 15.4. The van der Waals surface area contributed by atoms with E-state index >= 15 is 0 Å². The van der Waals surface area contributed by atoms with E-state index in [0.29, 0.717) is 0 Å². The molecule has 0 aromatic heterocycles. The van der Waals surface area contributed by atoms with Crippen LogP contribution in [0.4, 0.5) is 39.5 Å². The normalized spacial score (nSPS) is 13.0. The monoisotopic (exact) mass is 464 g/mol. The van der Waals surface area contributed by atoms with Crippen LogP contribution in [-0.2, 0) is 18.5 Å². The van der Waals surface area contributed by atoms with Crippen LogP contribution in [0.1, 0.15) is 16.7 Å². The maximum atomic E-state index is 13.2. The molecule has 0 bridgehead atoms. The maximum absolute atomic E-state index is 13.2. The SMILES string of the molecule is FC(F)(F)c1cccc([SiH](c2cccc(C(F)(F)F)c2)c2cccc(C(F)(F)F)c2)c1. The van der Waals surface area contributed by atoms with Crippen molar-refractivity contribution in [1.82, 2.24) is 0 Å². The van der Waals surface area contributed by atoms with Crippen molar-refractivity contribution in [2.24, 2.45) is 0 Å². The van der Waals surface area contributed by atoms with Gasteiger partial charge in [-0.1, -0.05) is 88.4 Å². The average Bonchev–Trinajstić information content (AvgIpc) is 2.67. The number of halogens is 9. The summed E-state index contributed by atoms with van der Waals surface area (Å²) < 4.78 is 119. The van der Waals surface area contributed by atoms with Crippen molar-refractivity contribution in [1.29, 1.82) is 0 Å². The molecule has 0 nitrogen and oxygen atoms in total. The van der Waals surface area contributed by atoms with E-state index in [-0.39, 0.29) is 15.6 Å². The van der Waals surface area contributed by atoms with Gasteiger partial charge in [0, 0.05) is 0 Å². The van der Waals surface area contributed by atoms with Gasteiger partial charge < -0.3 is 0 Å². The van der Waals surface area contributed by atoms with Crippen LogP contribution in [0, 0.1) is 0 Å². The summed E-state index contributed by atoms with van der Waals surface area (Å²) in [5, 5.41) is 0.149. The first-order valence-electron chi connectivity index (χ1n) is 8.78. The Hall–Kier alpha value is -2.75. The predicted octanol–water partition coefficient (Wildman–Crippen LogP) is 4.99. The molecule has 10 heteroatoms. The molecule has 0 aliphatic rings. The van der Waals surface area contributed by atoms with Gasteiger partial charge in [0.15, 0.2) is 0 Å². The third-order valence-corrected chi connectivity index (χ3v) is 7.72. The molecule has 0 atom stereocenters.